The molecule has 84 valence electrons. The Morgan fingerprint density at radius 3 is 2.88 bits per heavy atom. The number of ether oxygens (including phenoxy) is 1. The van der Waals surface area contributed by atoms with Crippen LogP contribution in [0.25, 0.3) is 0 Å². The summed E-state index contributed by atoms with van der Waals surface area (Å²) in [6.07, 6.45) is 0. The van der Waals surface area contributed by atoms with Crippen molar-refractivity contribution >= 4 is 17.0 Å². The number of hydrogen-bond acceptors (Lipinski definition) is 3. The van der Waals surface area contributed by atoms with Crippen molar-refractivity contribution in [3.8, 4) is 5.75 Å². The summed E-state index contributed by atoms with van der Waals surface area (Å²) in [5, 5.41) is 5.51. The van der Waals surface area contributed by atoms with Gasteiger partial charge in [-0.1, -0.05) is 12.1 Å². The fourth-order valence-electron chi connectivity index (χ4n) is 1.51. The lowest BCUT2D eigenvalue weighted by Crippen LogP contribution is -1.99. The lowest BCUT2D eigenvalue weighted by atomic mass is 10.2. The quantitative estimate of drug-likeness (QED) is 0.869. The van der Waals surface area contributed by atoms with Gasteiger partial charge in [0.1, 0.15) is 5.75 Å². The Hall–Kier alpha value is -1.48. The number of thiophene rings is 1. The molecule has 3 heteroatoms. The highest BCUT2D eigenvalue weighted by Crippen LogP contribution is 2.22. The van der Waals surface area contributed by atoms with Crippen molar-refractivity contribution in [2.45, 2.75) is 13.5 Å². The van der Waals surface area contributed by atoms with E-state index in [1.54, 1.807) is 18.4 Å². The molecule has 0 aliphatic rings. The molecule has 1 N–H and O–H groups in total. The number of rotatable bonds is 4. The number of methoxy groups -OCH3 is 1. The van der Waals surface area contributed by atoms with Crippen LogP contribution in [0.3, 0.4) is 0 Å². The first-order valence-electron chi connectivity index (χ1n) is 5.20. The number of nitrogens with one attached hydrogen (secondary N) is 1. The number of aryl methyl sites for hydroxylation is 1. The average Bonchev–Trinajstić information content (AvgIpc) is 2.81. The molecule has 0 fully saturated rings. The zero-order valence-corrected chi connectivity index (χ0v) is 10.3. The maximum atomic E-state index is 5.21. The molecule has 0 radical (unpaired) electrons. The van der Waals surface area contributed by atoms with E-state index in [1.807, 2.05) is 12.1 Å². The minimum atomic E-state index is 0.867. The predicted octanol–water partition coefficient (Wildman–Crippen LogP) is 3.68. The van der Waals surface area contributed by atoms with Gasteiger partial charge in [-0.15, -0.1) is 11.3 Å². The Balaban J connectivity index is 2.08. The smallest absolute Gasteiger partial charge is 0.120 e. The molecule has 0 aliphatic carbocycles. The molecule has 0 unspecified atom stereocenters. The lowest BCUT2D eigenvalue weighted by molar-refractivity contribution is 0.415. The highest BCUT2D eigenvalue weighted by molar-refractivity contribution is 7.09. The van der Waals surface area contributed by atoms with Crippen LogP contribution in [-0.2, 0) is 6.54 Å². The Bertz CT molecular complexity index is 451. The van der Waals surface area contributed by atoms with Gasteiger partial charge in [0.2, 0.25) is 0 Å². The highest BCUT2D eigenvalue weighted by Gasteiger charge is 2.00. The topological polar surface area (TPSA) is 21.3 Å². The second-order valence-electron chi connectivity index (χ2n) is 3.61. The van der Waals surface area contributed by atoms with Crippen molar-refractivity contribution < 1.29 is 4.74 Å². The molecule has 0 spiro atoms. The van der Waals surface area contributed by atoms with Crippen LogP contribution in [0.1, 0.15) is 10.4 Å². The average molecular weight is 233 g/mol. The summed E-state index contributed by atoms with van der Waals surface area (Å²) in [5.41, 5.74) is 2.37. The Morgan fingerprint density at radius 2 is 2.19 bits per heavy atom. The molecule has 0 bridgehead atoms. The molecule has 2 nitrogen and oxygen atoms in total. The largest absolute Gasteiger partial charge is 0.497 e. The summed E-state index contributed by atoms with van der Waals surface area (Å²) in [6, 6.07) is 10.3. The summed E-state index contributed by atoms with van der Waals surface area (Å²) in [5.74, 6) is 0.888. The molecule has 1 aromatic carbocycles. The van der Waals surface area contributed by atoms with Crippen molar-refractivity contribution in [2.75, 3.05) is 12.4 Å². The maximum Gasteiger partial charge on any atom is 0.120 e. The van der Waals surface area contributed by atoms with Crippen molar-refractivity contribution in [3.05, 3.63) is 46.2 Å². The van der Waals surface area contributed by atoms with Crippen molar-refractivity contribution in [2.24, 2.45) is 0 Å². The minimum absolute atomic E-state index is 0.867. The Morgan fingerprint density at radius 1 is 1.31 bits per heavy atom. The first-order chi connectivity index (χ1) is 7.79. The van der Waals surface area contributed by atoms with E-state index in [4.69, 9.17) is 4.74 Å². The van der Waals surface area contributed by atoms with E-state index in [0.29, 0.717) is 0 Å². The van der Waals surface area contributed by atoms with E-state index in [1.165, 1.54) is 10.4 Å². The van der Waals surface area contributed by atoms with Gasteiger partial charge in [-0.3, -0.25) is 0 Å². The number of benzene rings is 1. The van der Waals surface area contributed by atoms with Crippen molar-refractivity contribution in [3.63, 3.8) is 0 Å². The van der Waals surface area contributed by atoms with Crippen molar-refractivity contribution in [1.29, 1.82) is 0 Å². The highest BCUT2D eigenvalue weighted by atomic mass is 32.1. The van der Waals surface area contributed by atoms with Crippen LogP contribution in [0.4, 0.5) is 5.69 Å². The summed E-state index contributed by atoms with van der Waals surface area (Å²) in [4.78, 5) is 1.34. The first-order valence-corrected chi connectivity index (χ1v) is 6.08. The van der Waals surface area contributed by atoms with Crippen molar-refractivity contribution in [1.82, 2.24) is 0 Å². The molecule has 0 amide bonds. The maximum absolute atomic E-state index is 5.21. The predicted molar refractivity (Wildman–Crippen MR) is 69.4 cm³/mol. The molecule has 1 aromatic heterocycles. The van der Waals surface area contributed by atoms with E-state index in [0.717, 1.165) is 18.0 Å². The lowest BCUT2D eigenvalue weighted by Gasteiger charge is -2.10. The monoisotopic (exact) mass is 233 g/mol. The van der Waals surface area contributed by atoms with Crippen LogP contribution in [0.2, 0.25) is 0 Å². The van der Waals surface area contributed by atoms with E-state index in [-0.39, 0.29) is 0 Å². The third kappa shape index (κ3) is 2.55. The fraction of sp³-hybridized carbons (Fsp3) is 0.231. The Labute approximate surface area is 99.9 Å². The zero-order chi connectivity index (χ0) is 11.4. The third-order valence-corrected chi connectivity index (χ3v) is 3.35. The van der Waals surface area contributed by atoms with Gasteiger partial charge in [-0.05, 0) is 30.0 Å². The summed E-state index contributed by atoms with van der Waals surface area (Å²) in [7, 11) is 1.69. The molecule has 2 rings (SSSR count). The Kier molecular flexibility index (Phi) is 3.47. The van der Waals surface area contributed by atoms with Gasteiger partial charge in [-0.2, -0.15) is 0 Å². The molecule has 0 atom stereocenters. The normalized spacial score (nSPS) is 10.1. The standard InChI is InChI=1S/C13H15NOS/c1-10-5-6-11(15-2)8-13(10)14-9-12-4-3-7-16-12/h3-8,14H,9H2,1-2H3. The summed E-state index contributed by atoms with van der Waals surface area (Å²) < 4.78 is 5.21. The van der Waals surface area contributed by atoms with E-state index in [2.05, 4.69) is 35.8 Å². The van der Waals surface area contributed by atoms with E-state index >= 15 is 0 Å². The van der Waals surface area contributed by atoms with Crippen LogP contribution in [0.5, 0.6) is 5.75 Å². The fourth-order valence-corrected chi connectivity index (χ4v) is 2.16. The molecular weight excluding hydrogens is 218 g/mol. The van der Waals surface area contributed by atoms with Crippen LogP contribution in [0, 0.1) is 6.92 Å². The summed E-state index contributed by atoms with van der Waals surface area (Å²) in [6.45, 7) is 2.96. The molecule has 0 saturated carbocycles. The van der Waals surface area contributed by atoms with Crippen LogP contribution >= 0.6 is 11.3 Å². The third-order valence-electron chi connectivity index (χ3n) is 2.48. The number of hydrogen-bond donors (Lipinski definition) is 1. The molecular formula is C13H15NOS. The molecule has 0 saturated heterocycles. The summed E-state index contributed by atoms with van der Waals surface area (Å²) >= 11 is 1.76. The van der Waals surface area contributed by atoms with E-state index < -0.39 is 0 Å². The molecule has 2 aromatic rings. The zero-order valence-electron chi connectivity index (χ0n) is 9.49. The van der Waals surface area contributed by atoms with Gasteiger partial charge in [-0.25, -0.2) is 0 Å². The van der Waals surface area contributed by atoms with Gasteiger partial charge in [0.05, 0.1) is 7.11 Å². The second-order valence-corrected chi connectivity index (χ2v) is 4.65. The molecule has 16 heavy (non-hydrogen) atoms. The van der Waals surface area contributed by atoms with Gasteiger partial charge in [0, 0.05) is 23.2 Å². The molecule has 0 aliphatic heterocycles. The SMILES string of the molecule is COc1ccc(C)c(NCc2cccs2)c1. The van der Waals surface area contributed by atoms with Gasteiger partial charge >= 0.3 is 0 Å². The number of anilines is 1. The van der Waals surface area contributed by atoms with Crippen LogP contribution in [0.15, 0.2) is 35.7 Å². The molecule has 1 heterocycles. The van der Waals surface area contributed by atoms with Gasteiger partial charge < -0.3 is 10.1 Å². The van der Waals surface area contributed by atoms with Crippen LogP contribution < -0.4 is 10.1 Å². The van der Waals surface area contributed by atoms with Crippen LogP contribution in [-0.4, -0.2) is 7.11 Å². The minimum Gasteiger partial charge on any atom is -0.497 e. The second kappa shape index (κ2) is 5.03. The van der Waals surface area contributed by atoms with Gasteiger partial charge in [0.15, 0.2) is 0 Å². The first kappa shape index (κ1) is 11.0. The van der Waals surface area contributed by atoms with E-state index in [9.17, 15) is 0 Å². The van der Waals surface area contributed by atoms with Gasteiger partial charge in [0.25, 0.3) is 0 Å².